The van der Waals surface area contributed by atoms with Gasteiger partial charge < -0.3 is 9.47 Å². The number of amides is 1. The second-order valence-electron chi connectivity index (χ2n) is 5.33. The molecule has 1 aromatic carbocycles. The Balaban J connectivity index is 1.56. The molecule has 0 saturated carbocycles. The number of nitrogens with one attached hydrogen (secondary N) is 1. The minimum absolute atomic E-state index is 0.0863. The van der Waals surface area contributed by atoms with Crippen LogP contribution in [-0.2, 0) is 10.9 Å². The number of hydrogen-bond donors (Lipinski definition) is 1. The average Bonchev–Trinajstić information content (AvgIpc) is 3.24. The Morgan fingerprint density at radius 2 is 2.08 bits per heavy atom. The summed E-state index contributed by atoms with van der Waals surface area (Å²) < 4.78 is 48.4. The van der Waals surface area contributed by atoms with E-state index in [1.807, 2.05) is 0 Å². The molecule has 0 radical (unpaired) electrons. The van der Waals surface area contributed by atoms with Crippen LogP contribution in [0.1, 0.15) is 28.2 Å². The lowest BCUT2D eigenvalue weighted by atomic mass is 10.2. The van der Waals surface area contributed by atoms with Crippen molar-refractivity contribution in [3.05, 3.63) is 34.8 Å². The van der Waals surface area contributed by atoms with Crippen LogP contribution in [0, 0.1) is 0 Å². The van der Waals surface area contributed by atoms with Crippen molar-refractivity contribution in [2.75, 3.05) is 18.5 Å². The highest BCUT2D eigenvalue weighted by Gasteiger charge is 2.35. The maximum atomic E-state index is 12.5. The molecule has 1 atom stereocenters. The van der Waals surface area contributed by atoms with E-state index in [-0.39, 0.29) is 28.1 Å². The molecule has 1 amide bonds. The van der Waals surface area contributed by atoms with E-state index in [2.05, 4.69) is 15.5 Å². The number of carbonyl (C=O) groups is 1. The fourth-order valence-corrected chi connectivity index (χ4v) is 2.83. The van der Waals surface area contributed by atoms with E-state index in [0.717, 1.165) is 19.4 Å². The standard InChI is InChI=1S/C15H14F3N3O3S/c16-15(17,18)13-20-21-14(25-13)19-12(22)9-3-5-10(6-4-9)24-8-11-2-1-7-23-11/h3-6,11H,1-2,7-8H2,(H,19,21,22). The number of benzene rings is 1. The number of aromatic nitrogens is 2. The van der Waals surface area contributed by atoms with E-state index in [1.54, 1.807) is 12.1 Å². The molecule has 6 nitrogen and oxygen atoms in total. The predicted octanol–water partition coefficient (Wildman–Crippen LogP) is 3.37. The van der Waals surface area contributed by atoms with Gasteiger partial charge in [-0.1, -0.05) is 11.3 Å². The summed E-state index contributed by atoms with van der Waals surface area (Å²) in [7, 11) is 0. The molecule has 1 aromatic heterocycles. The van der Waals surface area contributed by atoms with Gasteiger partial charge in [-0.15, -0.1) is 10.2 Å². The molecule has 1 unspecified atom stereocenters. The van der Waals surface area contributed by atoms with Gasteiger partial charge in [-0.3, -0.25) is 10.1 Å². The van der Waals surface area contributed by atoms with Crippen LogP contribution in [0.3, 0.4) is 0 Å². The van der Waals surface area contributed by atoms with Gasteiger partial charge in [-0.2, -0.15) is 13.2 Å². The van der Waals surface area contributed by atoms with Crippen molar-refractivity contribution in [1.29, 1.82) is 0 Å². The van der Waals surface area contributed by atoms with Crippen LogP contribution in [-0.4, -0.2) is 35.4 Å². The quantitative estimate of drug-likeness (QED) is 0.870. The Morgan fingerprint density at radius 1 is 1.32 bits per heavy atom. The molecule has 3 rings (SSSR count). The van der Waals surface area contributed by atoms with Crippen LogP contribution < -0.4 is 10.1 Å². The molecule has 1 aliphatic rings. The molecule has 0 bridgehead atoms. The van der Waals surface area contributed by atoms with Crippen LogP contribution in [0.15, 0.2) is 24.3 Å². The highest BCUT2D eigenvalue weighted by atomic mass is 32.1. The molecular formula is C15H14F3N3O3S. The van der Waals surface area contributed by atoms with Gasteiger partial charge in [0, 0.05) is 12.2 Å². The number of alkyl halides is 3. The molecule has 134 valence electrons. The van der Waals surface area contributed by atoms with Gasteiger partial charge in [0.2, 0.25) is 10.1 Å². The topological polar surface area (TPSA) is 73.3 Å². The Hall–Kier alpha value is -2.20. The monoisotopic (exact) mass is 373 g/mol. The van der Waals surface area contributed by atoms with E-state index in [0.29, 0.717) is 12.4 Å². The van der Waals surface area contributed by atoms with Crippen molar-refractivity contribution < 1.29 is 27.4 Å². The number of hydrogen-bond acceptors (Lipinski definition) is 6. The molecule has 2 heterocycles. The smallest absolute Gasteiger partial charge is 0.445 e. The first-order valence-corrected chi connectivity index (χ1v) is 8.30. The molecule has 0 spiro atoms. The van der Waals surface area contributed by atoms with Crippen molar-refractivity contribution in [3.8, 4) is 5.75 Å². The first-order chi connectivity index (χ1) is 11.9. The number of anilines is 1. The SMILES string of the molecule is O=C(Nc1nnc(C(F)(F)F)s1)c1ccc(OCC2CCCO2)cc1. The fourth-order valence-electron chi connectivity index (χ4n) is 2.23. The van der Waals surface area contributed by atoms with Crippen molar-refractivity contribution in [2.45, 2.75) is 25.1 Å². The van der Waals surface area contributed by atoms with Crippen LogP contribution in [0.4, 0.5) is 18.3 Å². The van der Waals surface area contributed by atoms with E-state index in [9.17, 15) is 18.0 Å². The number of nitrogens with zero attached hydrogens (tertiary/aromatic N) is 2. The molecule has 2 aromatic rings. The normalized spacial score (nSPS) is 17.5. The molecule has 1 aliphatic heterocycles. The van der Waals surface area contributed by atoms with Crippen LogP contribution in [0.2, 0.25) is 0 Å². The third-order valence-corrected chi connectivity index (χ3v) is 4.35. The third kappa shape index (κ3) is 4.67. The van der Waals surface area contributed by atoms with Crippen molar-refractivity contribution >= 4 is 22.4 Å². The highest BCUT2D eigenvalue weighted by Crippen LogP contribution is 2.33. The second kappa shape index (κ2) is 7.36. The van der Waals surface area contributed by atoms with Crippen LogP contribution in [0.5, 0.6) is 5.75 Å². The van der Waals surface area contributed by atoms with Gasteiger partial charge in [0.05, 0.1) is 6.10 Å². The molecule has 1 N–H and O–H groups in total. The van der Waals surface area contributed by atoms with E-state index >= 15 is 0 Å². The minimum Gasteiger partial charge on any atom is -0.491 e. The zero-order valence-electron chi connectivity index (χ0n) is 12.9. The summed E-state index contributed by atoms with van der Waals surface area (Å²) in [6, 6.07) is 6.27. The maximum absolute atomic E-state index is 12.5. The zero-order chi connectivity index (χ0) is 17.9. The maximum Gasteiger partial charge on any atom is 0.445 e. The largest absolute Gasteiger partial charge is 0.491 e. The van der Waals surface area contributed by atoms with Gasteiger partial charge in [0.15, 0.2) is 0 Å². The Labute approximate surface area is 145 Å². The van der Waals surface area contributed by atoms with Gasteiger partial charge in [-0.25, -0.2) is 0 Å². The Bertz CT molecular complexity index is 728. The lowest BCUT2D eigenvalue weighted by Crippen LogP contribution is -2.16. The Kier molecular flexibility index (Phi) is 5.19. The van der Waals surface area contributed by atoms with Crippen molar-refractivity contribution in [2.24, 2.45) is 0 Å². The lowest BCUT2D eigenvalue weighted by molar-refractivity contribution is -0.138. The summed E-state index contributed by atoms with van der Waals surface area (Å²) in [5, 5.41) is 7.29. The summed E-state index contributed by atoms with van der Waals surface area (Å²) in [4.78, 5) is 12.0. The van der Waals surface area contributed by atoms with E-state index in [4.69, 9.17) is 9.47 Å². The van der Waals surface area contributed by atoms with Gasteiger partial charge >= 0.3 is 6.18 Å². The molecule has 1 saturated heterocycles. The van der Waals surface area contributed by atoms with Gasteiger partial charge in [0.1, 0.15) is 12.4 Å². The summed E-state index contributed by atoms with van der Waals surface area (Å²) in [6.07, 6.45) is -2.51. The average molecular weight is 373 g/mol. The second-order valence-corrected chi connectivity index (χ2v) is 6.31. The fraction of sp³-hybridized carbons (Fsp3) is 0.400. The Morgan fingerprint density at radius 3 is 2.68 bits per heavy atom. The van der Waals surface area contributed by atoms with Gasteiger partial charge in [0.25, 0.3) is 5.91 Å². The minimum atomic E-state index is -4.58. The van der Waals surface area contributed by atoms with E-state index < -0.39 is 17.1 Å². The summed E-state index contributed by atoms with van der Waals surface area (Å²) in [5.41, 5.74) is 0.272. The van der Waals surface area contributed by atoms with Crippen molar-refractivity contribution in [1.82, 2.24) is 10.2 Å². The molecule has 25 heavy (non-hydrogen) atoms. The van der Waals surface area contributed by atoms with Crippen LogP contribution >= 0.6 is 11.3 Å². The number of ether oxygens (including phenoxy) is 2. The zero-order valence-corrected chi connectivity index (χ0v) is 13.7. The molecular weight excluding hydrogens is 359 g/mol. The summed E-state index contributed by atoms with van der Waals surface area (Å²) in [5.74, 6) is 0.0119. The van der Waals surface area contributed by atoms with E-state index in [1.165, 1.54) is 12.1 Å². The number of halogens is 3. The molecule has 1 fully saturated rings. The number of carbonyl (C=O) groups excluding carboxylic acids is 1. The van der Waals surface area contributed by atoms with Crippen molar-refractivity contribution in [3.63, 3.8) is 0 Å². The predicted molar refractivity (Wildman–Crippen MR) is 83.8 cm³/mol. The third-order valence-electron chi connectivity index (χ3n) is 3.46. The molecule has 10 heteroatoms. The first-order valence-electron chi connectivity index (χ1n) is 7.48. The summed E-state index contributed by atoms with van der Waals surface area (Å²) in [6.45, 7) is 1.19. The molecule has 0 aliphatic carbocycles. The first kappa shape index (κ1) is 17.6. The highest BCUT2D eigenvalue weighted by molar-refractivity contribution is 7.15. The summed E-state index contributed by atoms with van der Waals surface area (Å²) >= 11 is 0.270. The van der Waals surface area contributed by atoms with Gasteiger partial charge in [-0.05, 0) is 37.1 Å². The lowest BCUT2D eigenvalue weighted by Gasteiger charge is -2.11. The number of rotatable bonds is 5. The van der Waals surface area contributed by atoms with Crippen LogP contribution in [0.25, 0.3) is 0 Å².